The van der Waals surface area contributed by atoms with Gasteiger partial charge in [0.1, 0.15) is 0 Å². The molecule has 0 aliphatic heterocycles. The highest BCUT2D eigenvalue weighted by Crippen LogP contribution is 2.43. The molecule has 3 nitrogen and oxygen atoms in total. The van der Waals surface area contributed by atoms with Crippen molar-refractivity contribution in [3.63, 3.8) is 0 Å². The summed E-state index contributed by atoms with van der Waals surface area (Å²) < 4.78 is 4.64. The highest BCUT2D eigenvalue weighted by Gasteiger charge is 2.16. The first kappa shape index (κ1) is 25.9. The van der Waals surface area contributed by atoms with Crippen molar-refractivity contribution in [2.75, 3.05) is 0 Å². The van der Waals surface area contributed by atoms with Crippen molar-refractivity contribution >= 4 is 63.0 Å². The van der Waals surface area contributed by atoms with E-state index in [9.17, 15) is 15.8 Å². The van der Waals surface area contributed by atoms with Gasteiger partial charge in [-0.2, -0.15) is 15.8 Å². The van der Waals surface area contributed by atoms with Crippen LogP contribution in [0.5, 0.6) is 0 Å². The van der Waals surface area contributed by atoms with Crippen LogP contribution in [0.25, 0.3) is 73.7 Å². The third-order valence-electron chi connectivity index (χ3n) is 8.16. The lowest BCUT2D eigenvalue weighted by Gasteiger charge is -2.13. The minimum atomic E-state index is 0.632. The fourth-order valence-corrected chi connectivity index (χ4v) is 8.40. The summed E-state index contributed by atoms with van der Waals surface area (Å²) in [6, 6.07) is 45.9. The minimum absolute atomic E-state index is 0.632. The Labute approximate surface area is 261 Å². The Kier molecular flexibility index (Phi) is 6.00. The van der Waals surface area contributed by atoms with Crippen LogP contribution in [0.3, 0.4) is 0 Å². The van der Waals surface area contributed by atoms with Gasteiger partial charge in [0.15, 0.2) is 0 Å². The standard InChI is InChI=1S/C39H19N3S2/c40-20-23-8-12-36-34(14-23)32-11-10-25(19-38(32)43-36)27-16-28(30-5-2-1-4-26(30)22-42)18-29(17-27)31-6-3-7-33-35-15-24(21-41)9-13-37(35)44-39(31)33/h1-19H. The summed E-state index contributed by atoms with van der Waals surface area (Å²) in [5, 5.41) is 33.4. The number of hydrogen-bond donors (Lipinski definition) is 0. The highest BCUT2D eigenvalue weighted by atomic mass is 32.1. The molecule has 2 aromatic heterocycles. The van der Waals surface area contributed by atoms with Crippen molar-refractivity contribution in [1.82, 2.24) is 0 Å². The van der Waals surface area contributed by atoms with Crippen LogP contribution in [0.4, 0.5) is 0 Å². The lowest BCUT2D eigenvalue weighted by Crippen LogP contribution is -1.89. The van der Waals surface area contributed by atoms with Crippen molar-refractivity contribution in [3.8, 4) is 51.6 Å². The summed E-state index contributed by atoms with van der Waals surface area (Å²) in [7, 11) is 0. The van der Waals surface area contributed by atoms with Gasteiger partial charge in [0, 0.05) is 40.3 Å². The molecule has 0 aliphatic rings. The van der Waals surface area contributed by atoms with E-state index in [0.717, 1.165) is 69.0 Å². The largest absolute Gasteiger partial charge is 0.192 e. The maximum absolute atomic E-state index is 9.95. The fourth-order valence-electron chi connectivity index (χ4n) is 6.06. The van der Waals surface area contributed by atoms with Gasteiger partial charge in [-0.1, -0.05) is 48.5 Å². The van der Waals surface area contributed by atoms with E-state index in [1.54, 1.807) is 22.7 Å². The maximum atomic E-state index is 9.95. The van der Waals surface area contributed by atoms with E-state index in [2.05, 4.69) is 72.8 Å². The first-order valence-electron chi connectivity index (χ1n) is 14.0. The van der Waals surface area contributed by atoms with Crippen LogP contribution in [-0.2, 0) is 0 Å². The second-order valence-electron chi connectivity index (χ2n) is 10.7. The van der Waals surface area contributed by atoms with E-state index in [0.29, 0.717) is 16.7 Å². The highest BCUT2D eigenvalue weighted by molar-refractivity contribution is 7.26. The average molecular weight is 594 g/mol. The zero-order valence-corrected chi connectivity index (χ0v) is 24.8. The molecule has 0 aliphatic carbocycles. The van der Waals surface area contributed by atoms with E-state index in [1.165, 1.54) is 4.70 Å². The second kappa shape index (κ2) is 10.2. The van der Waals surface area contributed by atoms with Crippen molar-refractivity contribution in [2.45, 2.75) is 0 Å². The molecule has 0 N–H and O–H groups in total. The fraction of sp³-hybridized carbons (Fsp3) is 0. The second-order valence-corrected chi connectivity index (χ2v) is 12.8. The predicted octanol–water partition coefficient (Wildman–Crippen LogP) is 11.0. The molecule has 0 radical (unpaired) electrons. The average Bonchev–Trinajstić information content (AvgIpc) is 3.64. The third kappa shape index (κ3) is 4.14. The van der Waals surface area contributed by atoms with Crippen LogP contribution in [-0.4, -0.2) is 0 Å². The molecule has 6 aromatic carbocycles. The summed E-state index contributed by atoms with van der Waals surface area (Å²) in [4.78, 5) is 0. The van der Waals surface area contributed by atoms with Crippen molar-refractivity contribution in [1.29, 1.82) is 15.8 Å². The molecule has 0 unspecified atom stereocenters. The molecule has 5 heteroatoms. The van der Waals surface area contributed by atoms with E-state index in [1.807, 2.05) is 60.7 Å². The molecule has 2 heterocycles. The van der Waals surface area contributed by atoms with Gasteiger partial charge in [0.05, 0.1) is 34.9 Å². The van der Waals surface area contributed by atoms with E-state index in [4.69, 9.17) is 0 Å². The Bertz CT molecular complexity index is 2600. The van der Waals surface area contributed by atoms with E-state index >= 15 is 0 Å². The summed E-state index contributed by atoms with van der Waals surface area (Å²) in [5.41, 5.74) is 8.16. The quantitative estimate of drug-likeness (QED) is 0.205. The molecule has 0 bridgehead atoms. The Balaban J connectivity index is 1.37. The van der Waals surface area contributed by atoms with Crippen molar-refractivity contribution in [3.05, 3.63) is 132 Å². The minimum Gasteiger partial charge on any atom is -0.192 e. The monoisotopic (exact) mass is 593 g/mol. The van der Waals surface area contributed by atoms with Gasteiger partial charge >= 0.3 is 0 Å². The van der Waals surface area contributed by atoms with Crippen LogP contribution >= 0.6 is 22.7 Å². The lowest BCUT2D eigenvalue weighted by molar-refractivity contribution is 1.48. The molecule has 44 heavy (non-hydrogen) atoms. The number of rotatable bonds is 3. The van der Waals surface area contributed by atoms with Gasteiger partial charge in [-0.25, -0.2) is 0 Å². The number of fused-ring (bicyclic) bond motifs is 6. The third-order valence-corrected chi connectivity index (χ3v) is 10.5. The van der Waals surface area contributed by atoms with Gasteiger partial charge in [-0.3, -0.25) is 0 Å². The Morgan fingerprint density at radius 2 is 1.07 bits per heavy atom. The van der Waals surface area contributed by atoms with Crippen LogP contribution in [0.1, 0.15) is 16.7 Å². The van der Waals surface area contributed by atoms with Crippen molar-refractivity contribution in [2.24, 2.45) is 0 Å². The molecule has 0 fully saturated rings. The van der Waals surface area contributed by atoms with Gasteiger partial charge in [0.25, 0.3) is 0 Å². The lowest BCUT2D eigenvalue weighted by atomic mass is 9.91. The molecule has 8 rings (SSSR count). The summed E-state index contributed by atoms with van der Waals surface area (Å²) in [6.07, 6.45) is 0. The zero-order valence-electron chi connectivity index (χ0n) is 23.1. The van der Waals surface area contributed by atoms with Crippen LogP contribution < -0.4 is 0 Å². The molecule has 202 valence electrons. The molecule has 8 aromatic rings. The van der Waals surface area contributed by atoms with E-state index in [-0.39, 0.29) is 0 Å². The van der Waals surface area contributed by atoms with Gasteiger partial charge in [-0.05, 0) is 100 Å². The number of hydrogen-bond acceptors (Lipinski definition) is 5. The van der Waals surface area contributed by atoms with Gasteiger partial charge < -0.3 is 0 Å². The normalized spacial score (nSPS) is 11.1. The van der Waals surface area contributed by atoms with Crippen LogP contribution in [0, 0.1) is 34.0 Å². The Hall–Kier alpha value is -5.77. The zero-order chi connectivity index (χ0) is 29.8. The summed E-state index contributed by atoms with van der Waals surface area (Å²) >= 11 is 3.47. The summed E-state index contributed by atoms with van der Waals surface area (Å²) in [5.74, 6) is 0. The number of benzene rings is 6. The Morgan fingerprint density at radius 3 is 1.82 bits per heavy atom. The molecule has 0 spiro atoms. The Morgan fingerprint density at radius 1 is 0.409 bits per heavy atom. The predicted molar refractivity (Wildman–Crippen MR) is 183 cm³/mol. The maximum Gasteiger partial charge on any atom is 0.0998 e. The molecular weight excluding hydrogens is 575 g/mol. The number of nitrogens with zero attached hydrogens (tertiary/aromatic N) is 3. The number of thiophene rings is 2. The molecule has 0 saturated heterocycles. The smallest absolute Gasteiger partial charge is 0.0998 e. The van der Waals surface area contributed by atoms with Crippen LogP contribution in [0.15, 0.2) is 115 Å². The first-order chi connectivity index (χ1) is 21.6. The molecule has 0 amide bonds. The molecular formula is C39H19N3S2. The van der Waals surface area contributed by atoms with E-state index < -0.39 is 0 Å². The van der Waals surface area contributed by atoms with Gasteiger partial charge in [-0.15, -0.1) is 22.7 Å². The van der Waals surface area contributed by atoms with Gasteiger partial charge in [0.2, 0.25) is 0 Å². The topological polar surface area (TPSA) is 71.4 Å². The molecule has 0 saturated carbocycles. The number of nitriles is 3. The summed E-state index contributed by atoms with van der Waals surface area (Å²) in [6.45, 7) is 0. The SMILES string of the molecule is N#Cc1ccc2sc3cc(-c4cc(-c5ccccc5C#N)cc(-c5cccc6c5sc5ccc(C#N)cc56)c4)ccc3c2c1. The first-order valence-corrected chi connectivity index (χ1v) is 15.6. The molecule has 0 atom stereocenters. The van der Waals surface area contributed by atoms with Crippen LogP contribution in [0.2, 0.25) is 0 Å². The van der Waals surface area contributed by atoms with Crippen molar-refractivity contribution < 1.29 is 0 Å².